The van der Waals surface area contributed by atoms with E-state index < -0.39 is 6.10 Å². The Kier molecular flexibility index (Phi) is 6.19. The molecule has 9 nitrogen and oxygen atoms in total. The van der Waals surface area contributed by atoms with Crippen LogP contribution in [-0.4, -0.2) is 52.6 Å². The summed E-state index contributed by atoms with van der Waals surface area (Å²) in [7, 11) is 1.47. The van der Waals surface area contributed by atoms with Crippen molar-refractivity contribution in [3.63, 3.8) is 0 Å². The molecule has 0 radical (unpaired) electrons. The molecule has 4 heterocycles. The van der Waals surface area contributed by atoms with Crippen molar-refractivity contribution in [3.05, 3.63) is 39.7 Å². The van der Waals surface area contributed by atoms with E-state index in [-0.39, 0.29) is 12.0 Å². The van der Waals surface area contributed by atoms with Crippen LogP contribution in [-0.2, 0) is 9.53 Å². The second-order valence-electron chi connectivity index (χ2n) is 6.18. The van der Waals surface area contributed by atoms with Crippen LogP contribution in [0.1, 0.15) is 17.4 Å². The van der Waals surface area contributed by atoms with Gasteiger partial charge in [0, 0.05) is 31.1 Å². The number of hydrogen-bond donors (Lipinski definition) is 1. The van der Waals surface area contributed by atoms with Gasteiger partial charge in [-0.2, -0.15) is 5.10 Å². The highest BCUT2D eigenvalue weighted by Gasteiger charge is 2.27. The highest BCUT2D eigenvalue weighted by Crippen LogP contribution is 2.31. The molecule has 152 valence electrons. The van der Waals surface area contributed by atoms with E-state index in [4.69, 9.17) is 21.1 Å². The van der Waals surface area contributed by atoms with Crippen molar-refractivity contribution in [2.24, 2.45) is 0 Å². The third kappa shape index (κ3) is 4.81. The van der Waals surface area contributed by atoms with Crippen LogP contribution >= 0.6 is 34.3 Å². The van der Waals surface area contributed by atoms with Crippen molar-refractivity contribution in [1.82, 2.24) is 20.4 Å². The molecule has 3 aromatic heterocycles. The van der Waals surface area contributed by atoms with Gasteiger partial charge in [0.2, 0.25) is 5.13 Å². The van der Waals surface area contributed by atoms with E-state index in [1.807, 2.05) is 12.1 Å². The standard InChI is InChI=1S/C17H17ClN6O3S2/c1-26-14(11-4-5-12(18)28-11)15(25)20-16-22-23-17(29-16)27-10-6-8-24(9-10)13-3-2-7-19-21-13/h2-5,7,10,14H,6,8-9H2,1H3,(H,20,22,25). The SMILES string of the molecule is COC(C(=O)Nc1nnc(OC2CCN(c3cccnn3)C2)s1)c1ccc(Cl)s1. The fraction of sp³-hybridized carbons (Fsp3) is 0.353. The highest BCUT2D eigenvalue weighted by atomic mass is 35.5. The van der Waals surface area contributed by atoms with Crippen LogP contribution in [0.5, 0.6) is 5.19 Å². The molecule has 1 fully saturated rings. The van der Waals surface area contributed by atoms with Crippen molar-refractivity contribution in [1.29, 1.82) is 0 Å². The van der Waals surface area contributed by atoms with Crippen LogP contribution in [0.25, 0.3) is 0 Å². The largest absolute Gasteiger partial charge is 0.464 e. The van der Waals surface area contributed by atoms with E-state index in [0.717, 1.165) is 18.8 Å². The summed E-state index contributed by atoms with van der Waals surface area (Å²) in [5, 5.41) is 19.5. The van der Waals surface area contributed by atoms with Crippen molar-refractivity contribution in [2.45, 2.75) is 18.6 Å². The molecule has 1 amide bonds. The molecule has 12 heteroatoms. The Labute approximate surface area is 179 Å². The molecule has 0 spiro atoms. The Morgan fingerprint density at radius 1 is 1.31 bits per heavy atom. The summed E-state index contributed by atoms with van der Waals surface area (Å²) in [4.78, 5) is 15.3. The molecule has 1 saturated heterocycles. The monoisotopic (exact) mass is 452 g/mol. The van der Waals surface area contributed by atoms with Gasteiger partial charge in [0.15, 0.2) is 11.9 Å². The number of aromatic nitrogens is 4. The minimum Gasteiger partial charge on any atom is -0.464 e. The molecular formula is C17H17ClN6O3S2. The third-order valence-corrected chi connectivity index (χ3v) is 6.26. The lowest BCUT2D eigenvalue weighted by Crippen LogP contribution is -2.25. The summed E-state index contributed by atoms with van der Waals surface area (Å²) in [5.41, 5.74) is 0. The quantitative estimate of drug-likeness (QED) is 0.583. The smallest absolute Gasteiger partial charge is 0.296 e. The number of rotatable bonds is 7. The predicted octanol–water partition coefficient (Wildman–Crippen LogP) is 3.03. The second kappa shape index (κ2) is 8.99. The lowest BCUT2D eigenvalue weighted by atomic mass is 10.3. The summed E-state index contributed by atoms with van der Waals surface area (Å²) in [6.45, 7) is 1.51. The molecule has 2 atom stereocenters. The second-order valence-corrected chi connectivity index (χ2v) is 8.86. The molecule has 1 aliphatic heterocycles. The molecule has 2 unspecified atom stereocenters. The summed E-state index contributed by atoms with van der Waals surface area (Å²) in [5.74, 6) is 0.478. The highest BCUT2D eigenvalue weighted by molar-refractivity contribution is 7.17. The number of thiophene rings is 1. The number of methoxy groups -OCH3 is 1. The Hall–Kier alpha value is -2.34. The molecule has 0 saturated carbocycles. The molecule has 3 aromatic rings. The average molecular weight is 453 g/mol. The van der Waals surface area contributed by atoms with E-state index in [0.29, 0.717) is 26.1 Å². The number of halogens is 1. The summed E-state index contributed by atoms with van der Waals surface area (Å²) in [6.07, 6.45) is 1.68. The van der Waals surface area contributed by atoms with Gasteiger partial charge in [-0.3, -0.25) is 10.1 Å². The molecule has 4 rings (SSSR count). The van der Waals surface area contributed by atoms with Gasteiger partial charge < -0.3 is 14.4 Å². The Bertz CT molecular complexity index is 969. The molecule has 0 bridgehead atoms. The average Bonchev–Trinajstić information content (AvgIpc) is 3.46. The van der Waals surface area contributed by atoms with Crippen LogP contribution < -0.4 is 15.0 Å². The van der Waals surface area contributed by atoms with Crippen molar-refractivity contribution in [2.75, 3.05) is 30.4 Å². The Morgan fingerprint density at radius 2 is 2.21 bits per heavy atom. The van der Waals surface area contributed by atoms with Crippen LogP contribution in [0, 0.1) is 0 Å². The van der Waals surface area contributed by atoms with Crippen LogP contribution in [0.4, 0.5) is 10.9 Å². The maximum Gasteiger partial charge on any atom is 0.296 e. The maximum absolute atomic E-state index is 12.5. The fourth-order valence-corrected chi connectivity index (χ4v) is 4.74. The van der Waals surface area contributed by atoms with Gasteiger partial charge in [-0.05, 0) is 35.6 Å². The van der Waals surface area contributed by atoms with E-state index in [1.54, 1.807) is 18.3 Å². The number of carbonyl (C=O) groups excluding carboxylic acids is 1. The van der Waals surface area contributed by atoms with Gasteiger partial charge in [0.1, 0.15) is 6.10 Å². The zero-order valence-electron chi connectivity index (χ0n) is 15.3. The van der Waals surface area contributed by atoms with Gasteiger partial charge in [-0.15, -0.1) is 21.5 Å². The lowest BCUT2D eigenvalue weighted by Gasteiger charge is -2.16. The summed E-state index contributed by atoms with van der Waals surface area (Å²) < 4.78 is 11.8. The first-order chi connectivity index (χ1) is 14.1. The zero-order valence-corrected chi connectivity index (χ0v) is 17.7. The predicted molar refractivity (Wildman–Crippen MR) is 111 cm³/mol. The minimum absolute atomic E-state index is 0.0338. The van der Waals surface area contributed by atoms with E-state index in [2.05, 4.69) is 30.6 Å². The van der Waals surface area contributed by atoms with Gasteiger partial charge in [-0.1, -0.05) is 16.7 Å². The lowest BCUT2D eigenvalue weighted by molar-refractivity contribution is -0.125. The van der Waals surface area contributed by atoms with Crippen LogP contribution in [0.2, 0.25) is 4.34 Å². The van der Waals surface area contributed by atoms with Crippen LogP contribution in [0.15, 0.2) is 30.5 Å². The molecule has 1 aliphatic rings. The molecule has 1 N–H and O–H groups in total. The van der Waals surface area contributed by atoms with E-state index >= 15 is 0 Å². The molecular weight excluding hydrogens is 436 g/mol. The number of nitrogens with one attached hydrogen (secondary N) is 1. The zero-order chi connectivity index (χ0) is 20.2. The third-order valence-electron chi connectivity index (χ3n) is 4.26. The Morgan fingerprint density at radius 3 is 2.93 bits per heavy atom. The number of nitrogens with zero attached hydrogens (tertiary/aromatic N) is 5. The molecule has 0 aromatic carbocycles. The topological polar surface area (TPSA) is 102 Å². The van der Waals surface area contributed by atoms with Gasteiger partial charge in [-0.25, -0.2) is 0 Å². The first kappa shape index (κ1) is 20.0. The number of ether oxygens (including phenoxy) is 2. The minimum atomic E-state index is -0.767. The molecule has 29 heavy (non-hydrogen) atoms. The first-order valence-electron chi connectivity index (χ1n) is 8.74. The maximum atomic E-state index is 12.5. The molecule has 0 aliphatic carbocycles. The van der Waals surface area contributed by atoms with Crippen molar-refractivity contribution in [3.8, 4) is 5.19 Å². The van der Waals surface area contributed by atoms with Crippen LogP contribution in [0.3, 0.4) is 0 Å². The number of carbonyl (C=O) groups is 1. The van der Waals surface area contributed by atoms with Crippen molar-refractivity contribution < 1.29 is 14.3 Å². The number of anilines is 2. The van der Waals surface area contributed by atoms with Crippen molar-refractivity contribution >= 4 is 51.1 Å². The number of amides is 1. The normalized spacial score (nSPS) is 17.3. The van der Waals surface area contributed by atoms with E-state index in [1.165, 1.54) is 29.8 Å². The summed E-state index contributed by atoms with van der Waals surface area (Å²) >= 11 is 8.41. The van der Waals surface area contributed by atoms with Gasteiger partial charge in [0.05, 0.1) is 10.9 Å². The van der Waals surface area contributed by atoms with E-state index in [9.17, 15) is 4.79 Å². The van der Waals surface area contributed by atoms with Gasteiger partial charge in [0.25, 0.3) is 11.1 Å². The number of hydrogen-bond acceptors (Lipinski definition) is 10. The fourth-order valence-electron chi connectivity index (χ4n) is 2.94. The Balaban J connectivity index is 1.33. The van der Waals surface area contributed by atoms with Gasteiger partial charge >= 0.3 is 0 Å². The summed E-state index contributed by atoms with van der Waals surface area (Å²) in [6, 6.07) is 7.26. The first-order valence-corrected chi connectivity index (χ1v) is 10.7.